The number of phenolic OH excluding ortho intramolecular Hbond substituents is 1. The number of nitrogens with two attached hydrogens (primary N) is 1. The normalized spacial score (nSPS) is 10.2. The largest absolute Gasteiger partial charge is 0.508 e. The lowest BCUT2D eigenvalue weighted by atomic mass is 10.2. The molecular formula is C14H15N3O2. The molecule has 19 heavy (non-hydrogen) atoms. The van der Waals surface area contributed by atoms with Crippen LogP contribution in [0.25, 0.3) is 0 Å². The van der Waals surface area contributed by atoms with E-state index in [-0.39, 0.29) is 11.7 Å². The van der Waals surface area contributed by atoms with Gasteiger partial charge in [-0.3, -0.25) is 4.79 Å². The minimum atomic E-state index is -0.191. The van der Waals surface area contributed by atoms with Crippen LogP contribution in [-0.4, -0.2) is 27.9 Å². The van der Waals surface area contributed by atoms with E-state index in [2.05, 4.69) is 4.98 Å². The van der Waals surface area contributed by atoms with E-state index in [9.17, 15) is 9.90 Å². The maximum atomic E-state index is 12.1. The van der Waals surface area contributed by atoms with Gasteiger partial charge in [0.05, 0.1) is 11.9 Å². The zero-order valence-electron chi connectivity index (χ0n) is 10.6. The molecule has 1 aromatic carbocycles. The van der Waals surface area contributed by atoms with Crippen LogP contribution >= 0.6 is 0 Å². The summed E-state index contributed by atoms with van der Waals surface area (Å²) in [4.78, 5) is 17.6. The molecule has 0 bridgehead atoms. The zero-order chi connectivity index (χ0) is 13.8. The molecule has 98 valence electrons. The molecule has 5 nitrogen and oxygen atoms in total. The van der Waals surface area contributed by atoms with E-state index >= 15 is 0 Å². The minimum absolute atomic E-state index is 0.184. The molecule has 0 saturated carbocycles. The van der Waals surface area contributed by atoms with Gasteiger partial charge in [-0.2, -0.15) is 0 Å². The molecule has 0 radical (unpaired) electrons. The number of hydrogen-bond donors (Lipinski definition) is 2. The molecule has 1 heterocycles. The lowest BCUT2D eigenvalue weighted by molar-refractivity contribution is 0.0779. The fraction of sp³-hybridized carbons (Fsp3) is 0.143. The molecule has 3 N–H and O–H groups in total. The summed E-state index contributed by atoms with van der Waals surface area (Å²) in [5.41, 5.74) is 7.25. The summed E-state index contributed by atoms with van der Waals surface area (Å²) in [6, 6.07) is 10.0. The van der Waals surface area contributed by atoms with Gasteiger partial charge in [-0.05, 0) is 29.8 Å². The Hall–Kier alpha value is -2.56. The van der Waals surface area contributed by atoms with Gasteiger partial charge in [0.1, 0.15) is 11.4 Å². The van der Waals surface area contributed by atoms with Gasteiger partial charge in [-0.1, -0.05) is 12.1 Å². The standard InChI is InChI=1S/C14H15N3O2/c1-17(9-10-3-2-4-12(18)7-10)14(19)13-6-5-11(15)8-16-13/h2-8,18H,9,15H2,1H3. The molecule has 2 rings (SSSR count). The number of aromatic nitrogens is 1. The van der Waals surface area contributed by atoms with Crippen molar-refractivity contribution in [1.82, 2.24) is 9.88 Å². The Kier molecular flexibility index (Phi) is 3.66. The maximum absolute atomic E-state index is 12.1. The van der Waals surface area contributed by atoms with E-state index in [0.29, 0.717) is 17.9 Å². The number of carbonyl (C=O) groups excluding carboxylic acids is 1. The van der Waals surface area contributed by atoms with Crippen molar-refractivity contribution < 1.29 is 9.90 Å². The van der Waals surface area contributed by atoms with Crippen LogP contribution in [0.5, 0.6) is 5.75 Å². The number of hydrogen-bond acceptors (Lipinski definition) is 4. The first-order valence-corrected chi connectivity index (χ1v) is 5.81. The van der Waals surface area contributed by atoms with Crippen molar-refractivity contribution in [2.75, 3.05) is 12.8 Å². The second-order valence-corrected chi connectivity index (χ2v) is 4.31. The first-order chi connectivity index (χ1) is 9.06. The van der Waals surface area contributed by atoms with E-state index in [0.717, 1.165) is 5.56 Å². The Morgan fingerprint density at radius 1 is 1.37 bits per heavy atom. The lowest BCUT2D eigenvalue weighted by Gasteiger charge is -2.16. The van der Waals surface area contributed by atoms with Crippen LogP contribution in [0.4, 0.5) is 5.69 Å². The van der Waals surface area contributed by atoms with Crippen LogP contribution in [0, 0.1) is 0 Å². The summed E-state index contributed by atoms with van der Waals surface area (Å²) >= 11 is 0. The zero-order valence-corrected chi connectivity index (χ0v) is 10.6. The molecule has 0 aliphatic carbocycles. The van der Waals surface area contributed by atoms with E-state index in [4.69, 9.17) is 5.73 Å². The first kappa shape index (κ1) is 12.9. The highest BCUT2D eigenvalue weighted by molar-refractivity contribution is 5.92. The predicted octanol–water partition coefficient (Wildman–Crippen LogP) is 1.64. The van der Waals surface area contributed by atoms with E-state index in [1.807, 2.05) is 6.07 Å². The van der Waals surface area contributed by atoms with Crippen molar-refractivity contribution in [3.8, 4) is 5.75 Å². The van der Waals surface area contributed by atoms with Gasteiger partial charge >= 0.3 is 0 Å². The quantitative estimate of drug-likeness (QED) is 0.876. The third-order valence-corrected chi connectivity index (χ3v) is 2.68. The molecule has 1 aromatic heterocycles. The third-order valence-electron chi connectivity index (χ3n) is 2.68. The molecule has 0 spiro atoms. The fourth-order valence-electron chi connectivity index (χ4n) is 1.73. The maximum Gasteiger partial charge on any atom is 0.272 e. The molecule has 1 amide bonds. The third kappa shape index (κ3) is 3.22. The van der Waals surface area contributed by atoms with Gasteiger partial charge in [0, 0.05) is 13.6 Å². The summed E-state index contributed by atoms with van der Waals surface area (Å²) in [5, 5.41) is 9.38. The Balaban J connectivity index is 2.09. The van der Waals surface area contributed by atoms with E-state index in [1.54, 1.807) is 37.4 Å². The molecular weight excluding hydrogens is 242 g/mol. The molecule has 0 aliphatic heterocycles. The highest BCUT2D eigenvalue weighted by atomic mass is 16.3. The number of aromatic hydroxyl groups is 1. The first-order valence-electron chi connectivity index (χ1n) is 5.81. The van der Waals surface area contributed by atoms with Crippen molar-refractivity contribution >= 4 is 11.6 Å². The van der Waals surface area contributed by atoms with E-state index in [1.165, 1.54) is 11.1 Å². The smallest absolute Gasteiger partial charge is 0.272 e. The van der Waals surface area contributed by atoms with Crippen molar-refractivity contribution in [2.24, 2.45) is 0 Å². The van der Waals surface area contributed by atoms with Crippen molar-refractivity contribution in [3.63, 3.8) is 0 Å². The lowest BCUT2D eigenvalue weighted by Crippen LogP contribution is -2.26. The number of anilines is 1. The van der Waals surface area contributed by atoms with Crippen LogP contribution in [0.3, 0.4) is 0 Å². The number of amides is 1. The van der Waals surface area contributed by atoms with Crippen molar-refractivity contribution in [1.29, 1.82) is 0 Å². The van der Waals surface area contributed by atoms with Crippen molar-refractivity contribution in [3.05, 3.63) is 53.9 Å². The second-order valence-electron chi connectivity index (χ2n) is 4.31. The molecule has 0 atom stereocenters. The molecule has 0 unspecified atom stereocenters. The van der Waals surface area contributed by atoms with Gasteiger partial charge in [-0.25, -0.2) is 4.98 Å². The molecule has 0 aliphatic rings. The van der Waals surface area contributed by atoms with Crippen LogP contribution in [-0.2, 0) is 6.54 Å². The number of nitrogen functional groups attached to an aromatic ring is 1. The number of nitrogens with zero attached hydrogens (tertiary/aromatic N) is 2. The number of pyridine rings is 1. The molecule has 2 aromatic rings. The SMILES string of the molecule is CN(Cc1cccc(O)c1)C(=O)c1ccc(N)cn1. The van der Waals surface area contributed by atoms with Crippen molar-refractivity contribution in [2.45, 2.75) is 6.54 Å². The van der Waals surface area contributed by atoms with E-state index < -0.39 is 0 Å². The van der Waals surface area contributed by atoms with Crippen LogP contribution in [0.15, 0.2) is 42.6 Å². The number of phenols is 1. The average molecular weight is 257 g/mol. The Labute approximate surface area is 111 Å². The number of rotatable bonds is 3. The van der Waals surface area contributed by atoms with Gasteiger partial charge < -0.3 is 15.7 Å². The Morgan fingerprint density at radius 2 is 2.16 bits per heavy atom. The monoisotopic (exact) mass is 257 g/mol. The average Bonchev–Trinajstić information content (AvgIpc) is 2.39. The minimum Gasteiger partial charge on any atom is -0.508 e. The van der Waals surface area contributed by atoms with Gasteiger partial charge in [0.15, 0.2) is 0 Å². The second kappa shape index (κ2) is 5.39. The number of carbonyl (C=O) groups is 1. The van der Waals surface area contributed by atoms with Crippen LogP contribution in [0.2, 0.25) is 0 Å². The Bertz CT molecular complexity index is 581. The summed E-state index contributed by atoms with van der Waals surface area (Å²) in [7, 11) is 1.68. The molecule has 0 fully saturated rings. The summed E-state index contributed by atoms with van der Waals surface area (Å²) in [6.07, 6.45) is 1.45. The fourth-order valence-corrected chi connectivity index (χ4v) is 1.73. The Morgan fingerprint density at radius 3 is 2.79 bits per heavy atom. The van der Waals surface area contributed by atoms with Crippen LogP contribution < -0.4 is 5.73 Å². The predicted molar refractivity (Wildman–Crippen MR) is 72.6 cm³/mol. The molecule has 0 saturated heterocycles. The van der Waals surface area contributed by atoms with Gasteiger partial charge in [0.25, 0.3) is 5.91 Å². The topological polar surface area (TPSA) is 79.5 Å². The molecule has 5 heteroatoms. The van der Waals surface area contributed by atoms with Gasteiger partial charge in [0.2, 0.25) is 0 Å². The summed E-state index contributed by atoms with van der Waals surface area (Å²) < 4.78 is 0. The summed E-state index contributed by atoms with van der Waals surface area (Å²) in [5.74, 6) is -0.00713. The van der Waals surface area contributed by atoms with Crippen LogP contribution in [0.1, 0.15) is 16.1 Å². The highest BCUT2D eigenvalue weighted by Gasteiger charge is 2.13. The van der Waals surface area contributed by atoms with Gasteiger partial charge in [-0.15, -0.1) is 0 Å². The number of benzene rings is 1. The summed E-state index contributed by atoms with van der Waals surface area (Å²) in [6.45, 7) is 0.402. The highest BCUT2D eigenvalue weighted by Crippen LogP contribution is 2.13.